The van der Waals surface area contributed by atoms with Crippen molar-refractivity contribution in [3.8, 4) is 0 Å². The summed E-state index contributed by atoms with van der Waals surface area (Å²) in [6, 6.07) is 0.799. The van der Waals surface area contributed by atoms with Gasteiger partial charge in [0.05, 0.1) is 0 Å². The minimum absolute atomic E-state index is 0.772. The molecule has 0 radical (unpaired) electrons. The van der Waals surface area contributed by atoms with Gasteiger partial charge in [-0.3, -0.25) is 4.90 Å². The van der Waals surface area contributed by atoms with E-state index in [1.165, 1.54) is 38.9 Å². The van der Waals surface area contributed by atoms with Crippen LogP contribution in [0.5, 0.6) is 0 Å². The van der Waals surface area contributed by atoms with Crippen molar-refractivity contribution < 1.29 is 0 Å². The molecule has 0 amide bonds. The SMILES string of the molecule is CCN1CCCCC1CNCC(C)C. The van der Waals surface area contributed by atoms with Gasteiger partial charge in [0.25, 0.3) is 0 Å². The smallest absolute Gasteiger partial charge is 0.0220 e. The summed E-state index contributed by atoms with van der Waals surface area (Å²) in [5.41, 5.74) is 0. The molecule has 0 aliphatic carbocycles. The fourth-order valence-corrected chi connectivity index (χ4v) is 2.25. The van der Waals surface area contributed by atoms with Gasteiger partial charge in [0.15, 0.2) is 0 Å². The molecule has 0 aromatic carbocycles. The monoisotopic (exact) mass is 198 g/mol. The topological polar surface area (TPSA) is 15.3 Å². The number of nitrogens with one attached hydrogen (secondary N) is 1. The number of likely N-dealkylation sites (tertiary alicyclic amines) is 1. The third-order valence-electron chi connectivity index (χ3n) is 3.09. The predicted octanol–water partition coefficient (Wildman–Crippen LogP) is 2.11. The van der Waals surface area contributed by atoms with E-state index in [0.717, 1.165) is 18.5 Å². The minimum Gasteiger partial charge on any atom is -0.315 e. The quantitative estimate of drug-likeness (QED) is 0.728. The van der Waals surface area contributed by atoms with Gasteiger partial charge in [0.1, 0.15) is 0 Å². The lowest BCUT2D eigenvalue weighted by Gasteiger charge is -2.35. The fourth-order valence-electron chi connectivity index (χ4n) is 2.25. The zero-order valence-electron chi connectivity index (χ0n) is 10.1. The summed E-state index contributed by atoms with van der Waals surface area (Å²) < 4.78 is 0. The van der Waals surface area contributed by atoms with Crippen LogP contribution < -0.4 is 5.32 Å². The summed E-state index contributed by atoms with van der Waals surface area (Å²) in [6.45, 7) is 11.7. The first-order valence-electron chi connectivity index (χ1n) is 6.18. The Labute approximate surface area is 89.1 Å². The molecule has 1 fully saturated rings. The molecule has 2 nitrogen and oxygen atoms in total. The molecule has 2 heteroatoms. The third kappa shape index (κ3) is 3.97. The Morgan fingerprint density at radius 1 is 1.36 bits per heavy atom. The molecule has 1 rings (SSSR count). The normalized spacial score (nSPS) is 24.4. The predicted molar refractivity (Wildman–Crippen MR) is 62.6 cm³/mol. The van der Waals surface area contributed by atoms with E-state index in [1.54, 1.807) is 0 Å². The van der Waals surface area contributed by atoms with Crippen LogP contribution in [-0.4, -0.2) is 37.1 Å². The van der Waals surface area contributed by atoms with E-state index in [0.29, 0.717) is 0 Å². The van der Waals surface area contributed by atoms with E-state index in [-0.39, 0.29) is 0 Å². The van der Waals surface area contributed by atoms with Crippen molar-refractivity contribution in [1.29, 1.82) is 0 Å². The van der Waals surface area contributed by atoms with Gasteiger partial charge in [0.2, 0.25) is 0 Å². The molecular formula is C12H26N2. The summed E-state index contributed by atoms with van der Waals surface area (Å²) >= 11 is 0. The Bertz CT molecular complexity index is 145. The van der Waals surface area contributed by atoms with Gasteiger partial charge in [-0.25, -0.2) is 0 Å². The molecule has 0 bridgehead atoms. The standard InChI is InChI=1S/C12H26N2/c1-4-14-8-6-5-7-12(14)10-13-9-11(2)3/h11-13H,4-10H2,1-3H3. The molecule has 1 N–H and O–H groups in total. The largest absolute Gasteiger partial charge is 0.315 e. The number of piperidine rings is 1. The Morgan fingerprint density at radius 3 is 2.79 bits per heavy atom. The Morgan fingerprint density at radius 2 is 2.14 bits per heavy atom. The molecule has 0 spiro atoms. The van der Waals surface area contributed by atoms with Crippen molar-refractivity contribution >= 4 is 0 Å². The zero-order valence-corrected chi connectivity index (χ0v) is 10.1. The second-order valence-corrected chi connectivity index (χ2v) is 4.83. The van der Waals surface area contributed by atoms with Crippen molar-refractivity contribution in [2.75, 3.05) is 26.2 Å². The van der Waals surface area contributed by atoms with Gasteiger partial charge in [-0.2, -0.15) is 0 Å². The van der Waals surface area contributed by atoms with Crippen LogP contribution >= 0.6 is 0 Å². The number of hydrogen-bond donors (Lipinski definition) is 1. The average molecular weight is 198 g/mol. The van der Waals surface area contributed by atoms with Crippen LogP contribution in [0.25, 0.3) is 0 Å². The van der Waals surface area contributed by atoms with Crippen molar-refractivity contribution in [3.63, 3.8) is 0 Å². The minimum atomic E-state index is 0.772. The summed E-state index contributed by atoms with van der Waals surface area (Å²) in [7, 11) is 0. The molecule has 0 aromatic heterocycles. The number of hydrogen-bond acceptors (Lipinski definition) is 2. The highest BCUT2D eigenvalue weighted by atomic mass is 15.2. The van der Waals surface area contributed by atoms with E-state index < -0.39 is 0 Å². The van der Waals surface area contributed by atoms with Gasteiger partial charge < -0.3 is 5.32 Å². The van der Waals surface area contributed by atoms with Crippen LogP contribution in [0.1, 0.15) is 40.0 Å². The molecule has 14 heavy (non-hydrogen) atoms. The second kappa shape index (κ2) is 6.41. The van der Waals surface area contributed by atoms with Crippen LogP contribution in [0.4, 0.5) is 0 Å². The summed E-state index contributed by atoms with van der Waals surface area (Å²) in [4.78, 5) is 2.62. The van der Waals surface area contributed by atoms with Crippen molar-refractivity contribution in [3.05, 3.63) is 0 Å². The van der Waals surface area contributed by atoms with Crippen LogP contribution in [0.3, 0.4) is 0 Å². The van der Waals surface area contributed by atoms with Gasteiger partial charge >= 0.3 is 0 Å². The second-order valence-electron chi connectivity index (χ2n) is 4.83. The highest BCUT2D eigenvalue weighted by Crippen LogP contribution is 2.15. The molecule has 1 atom stereocenters. The van der Waals surface area contributed by atoms with Crippen molar-refractivity contribution in [2.24, 2.45) is 5.92 Å². The van der Waals surface area contributed by atoms with E-state index in [1.807, 2.05) is 0 Å². The average Bonchev–Trinajstić information content (AvgIpc) is 2.18. The molecule has 84 valence electrons. The van der Waals surface area contributed by atoms with Crippen LogP contribution in [0.15, 0.2) is 0 Å². The lowest BCUT2D eigenvalue weighted by Crippen LogP contribution is -2.45. The maximum Gasteiger partial charge on any atom is 0.0220 e. The maximum absolute atomic E-state index is 3.58. The lowest BCUT2D eigenvalue weighted by atomic mass is 10.0. The molecule has 0 saturated carbocycles. The van der Waals surface area contributed by atoms with Gasteiger partial charge in [0, 0.05) is 12.6 Å². The van der Waals surface area contributed by atoms with Gasteiger partial charge in [-0.05, 0) is 38.4 Å². The Hall–Kier alpha value is -0.0800. The van der Waals surface area contributed by atoms with E-state index >= 15 is 0 Å². The van der Waals surface area contributed by atoms with Crippen LogP contribution in [0, 0.1) is 5.92 Å². The van der Waals surface area contributed by atoms with Gasteiger partial charge in [-0.15, -0.1) is 0 Å². The van der Waals surface area contributed by atoms with Crippen LogP contribution in [0.2, 0.25) is 0 Å². The first kappa shape index (κ1) is 12.0. The zero-order chi connectivity index (χ0) is 10.4. The molecule has 0 aromatic rings. The molecule has 1 aliphatic heterocycles. The Balaban J connectivity index is 2.19. The van der Waals surface area contributed by atoms with E-state index in [4.69, 9.17) is 0 Å². The molecule has 1 aliphatic rings. The number of nitrogens with zero attached hydrogens (tertiary/aromatic N) is 1. The third-order valence-corrected chi connectivity index (χ3v) is 3.09. The first-order chi connectivity index (χ1) is 6.74. The maximum atomic E-state index is 3.58. The van der Waals surface area contributed by atoms with Crippen molar-refractivity contribution in [1.82, 2.24) is 10.2 Å². The summed E-state index contributed by atoms with van der Waals surface area (Å²) in [6.07, 6.45) is 4.21. The van der Waals surface area contributed by atoms with Crippen LogP contribution in [-0.2, 0) is 0 Å². The molecular weight excluding hydrogens is 172 g/mol. The van der Waals surface area contributed by atoms with E-state index in [9.17, 15) is 0 Å². The number of likely N-dealkylation sites (N-methyl/N-ethyl adjacent to an activating group) is 1. The first-order valence-corrected chi connectivity index (χ1v) is 6.18. The number of rotatable bonds is 5. The fraction of sp³-hybridized carbons (Fsp3) is 1.00. The van der Waals surface area contributed by atoms with Crippen molar-refractivity contribution in [2.45, 2.75) is 46.1 Å². The van der Waals surface area contributed by atoms with Gasteiger partial charge in [-0.1, -0.05) is 27.2 Å². The Kier molecular flexibility index (Phi) is 5.49. The summed E-state index contributed by atoms with van der Waals surface area (Å²) in [5.74, 6) is 0.772. The molecule has 1 saturated heterocycles. The highest BCUT2D eigenvalue weighted by Gasteiger charge is 2.19. The summed E-state index contributed by atoms with van der Waals surface area (Å²) in [5, 5.41) is 3.58. The molecule has 1 heterocycles. The highest BCUT2D eigenvalue weighted by molar-refractivity contribution is 4.77. The molecule has 1 unspecified atom stereocenters. The lowest BCUT2D eigenvalue weighted by molar-refractivity contribution is 0.152. The van der Waals surface area contributed by atoms with E-state index in [2.05, 4.69) is 31.0 Å².